The van der Waals surface area contributed by atoms with E-state index in [1.54, 1.807) is 49.7 Å². The van der Waals surface area contributed by atoms with Gasteiger partial charge in [-0.15, -0.1) is 0 Å². The number of amides is 1. The maximum absolute atomic E-state index is 12.9. The molecule has 6 nitrogen and oxygen atoms in total. The maximum Gasteiger partial charge on any atom is 0.279 e. The summed E-state index contributed by atoms with van der Waals surface area (Å²) >= 11 is 1.22. The monoisotopic (exact) mass is 453 g/mol. The zero-order valence-corrected chi connectivity index (χ0v) is 18.5. The van der Waals surface area contributed by atoms with Crippen LogP contribution in [0.2, 0.25) is 0 Å². The first kappa shape index (κ1) is 20.7. The van der Waals surface area contributed by atoms with Crippen LogP contribution in [0.4, 0.5) is 5.69 Å². The van der Waals surface area contributed by atoms with E-state index in [-0.39, 0.29) is 5.88 Å². The van der Waals surface area contributed by atoms with Crippen LogP contribution in [0.15, 0.2) is 88.8 Å². The van der Waals surface area contributed by atoms with E-state index in [2.05, 4.69) is 9.98 Å². The normalized spacial score (nSPS) is 14.0. The molecule has 0 atom stereocenters. The molecule has 5 rings (SSSR count). The number of thiazole rings is 1. The zero-order chi connectivity index (χ0) is 22.8. The highest BCUT2D eigenvalue weighted by Gasteiger charge is 2.19. The van der Waals surface area contributed by atoms with Gasteiger partial charge < -0.3 is 9.84 Å². The van der Waals surface area contributed by atoms with Gasteiger partial charge in [0.2, 0.25) is 10.7 Å². The summed E-state index contributed by atoms with van der Waals surface area (Å²) in [4.78, 5) is 22.5. The summed E-state index contributed by atoms with van der Waals surface area (Å²) in [7, 11) is 1.56. The number of para-hydroxylation sites is 3. The average molecular weight is 454 g/mol. The highest BCUT2D eigenvalue weighted by Crippen LogP contribution is 2.36. The van der Waals surface area contributed by atoms with Crippen molar-refractivity contribution in [3.05, 3.63) is 99.7 Å². The van der Waals surface area contributed by atoms with Crippen molar-refractivity contribution in [3.63, 3.8) is 0 Å². The van der Waals surface area contributed by atoms with Crippen LogP contribution >= 0.6 is 11.3 Å². The minimum Gasteiger partial charge on any atom is -0.495 e. The second kappa shape index (κ2) is 8.72. The molecule has 1 aromatic heterocycles. The minimum absolute atomic E-state index is 0.0330. The molecule has 1 aliphatic heterocycles. The van der Waals surface area contributed by atoms with Gasteiger partial charge in [0.15, 0.2) is 0 Å². The number of hydrogen-bond donors (Lipinski definition) is 1. The number of carbonyl (C=O) groups excluding carboxylic acids is 1. The molecule has 3 aromatic carbocycles. The number of aliphatic imine (C=N–C) groups is 1. The molecule has 0 saturated carbocycles. The molecule has 0 radical (unpaired) electrons. The third-order valence-corrected chi connectivity index (χ3v) is 6.19. The van der Waals surface area contributed by atoms with E-state index < -0.39 is 5.91 Å². The third-order valence-electron chi connectivity index (χ3n) is 5.21. The first-order valence-electron chi connectivity index (χ1n) is 10.2. The van der Waals surface area contributed by atoms with Crippen LogP contribution in [-0.2, 0) is 0 Å². The molecule has 0 aliphatic carbocycles. The Hall–Kier alpha value is -4.23. The summed E-state index contributed by atoms with van der Waals surface area (Å²) in [6.07, 6.45) is 3.62. The summed E-state index contributed by atoms with van der Waals surface area (Å²) in [6.45, 7) is 0. The molecule has 4 aromatic rings. The lowest BCUT2D eigenvalue weighted by Gasteiger charge is -2.10. The largest absolute Gasteiger partial charge is 0.495 e. The maximum atomic E-state index is 12.9. The Balaban J connectivity index is 1.70. The topological polar surface area (TPSA) is 76.2 Å². The molecule has 1 N–H and O–H groups in total. The Morgan fingerprint density at radius 2 is 1.76 bits per heavy atom. The van der Waals surface area contributed by atoms with E-state index >= 15 is 0 Å². The van der Waals surface area contributed by atoms with Crippen LogP contribution in [0, 0.1) is 0 Å². The van der Waals surface area contributed by atoms with Crippen molar-refractivity contribution in [3.8, 4) is 17.3 Å². The van der Waals surface area contributed by atoms with Gasteiger partial charge in [0, 0.05) is 22.9 Å². The average Bonchev–Trinajstić information content (AvgIpc) is 3.40. The van der Waals surface area contributed by atoms with Crippen molar-refractivity contribution in [2.45, 2.75) is 0 Å². The van der Waals surface area contributed by atoms with Gasteiger partial charge in [-0.25, -0.2) is 0 Å². The van der Waals surface area contributed by atoms with Crippen LogP contribution in [0.25, 0.3) is 17.3 Å². The Bertz CT molecular complexity index is 1480. The molecule has 7 heteroatoms. The van der Waals surface area contributed by atoms with Crippen LogP contribution in [-0.4, -0.2) is 28.9 Å². The Labute approximate surface area is 194 Å². The Morgan fingerprint density at radius 1 is 1.03 bits per heavy atom. The fourth-order valence-corrected chi connectivity index (χ4v) is 4.59. The minimum atomic E-state index is -0.396. The summed E-state index contributed by atoms with van der Waals surface area (Å²) in [5.41, 5.74) is 3.78. The quantitative estimate of drug-likeness (QED) is 0.458. The smallest absolute Gasteiger partial charge is 0.279 e. The van der Waals surface area contributed by atoms with Crippen molar-refractivity contribution < 1.29 is 14.6 Å². The molecule has 1 aliphatic rings. The molecular formula is C26H19N3O3S. The number of ether oxygens (including phenoxy) is 1. The highest BCUT2D eigenvalue weighted by molar-refractivity contribution is 7.10. The SMILES string of the molecule is COc1ccccc1-n1c(O)c(/C=C2/C=Nc3ccccc32)sc1=NC(=O)c1ccccc1. The fourth-order valence-electron chi connectivity index (χ4n) is 3.62. The second-order valence-corrected chi connectivity index (χ2v) is 8.25. The standard InChI is InChI=1S/C26H19N3O3S/c1-32-22-14-8-7-13-21(22)29-25(31)23(15-18-16-27-20-12-6-5-11-19(18)20)33-26(29)28-24(30)17-9-3-2-4-10-17/h2-16,31H,1H3/b18-15-,28-26?. The Morgan fingerprint density at radius 3 is 2.58 bits per heavy atom. The predicted molar refractivity (Wildman–Crippen MR) is 131 cm³/mol. The highest BCUT2D eigenvalue weighted by atomic mass is 32.1. The van der Waals surface area contributed by atoms with E-state index in [1.165, 1.54) is 15.9 Å². The van der Waals surface area contributed by atoms with Crippen LogP contribution in [0.1, 0.15) is 20.8 Å². The lowest BCUT2D eigenvalue weighted by Crippen LogP contribution is -2.15. The van der Waals surface area contributed by atoms with Crippen molar-refractivity contribution in [1.29, 1.82) is 0 Å². The zero-order valence-electron chi connectivity index (χ0n) is 17.7. The molecule has 33 heavy (non-hydrogen) atoms. The first-order valence-corrected chi connectivity index (χ1v) is 11.0. The summed E-state index contributed by atoms with van der Waals surface area (Å²) in [5, 5.41) is 11.2. The molecule has 1 amide bonds. The number of hydrogen-bond acceptors (Lipinski definition) is 5. The summed E-state index contributed by atoms with van der Waals surface area (Å²) in [6, 6.07) is 23.9. The molecule has 2 heterocycles. The molecular weight excluding hydrogens is 434 g/mol. The van der Waals surface area contributed by atoms with Gasteiger partial charge in [-0.05, 0) is 36.4 Å². The van der Waals surface area contributed by atoms with Gasteiger partial charge >= 0.3 is 0 Å². The first-order chi connectivity index (χ1) is 16.2. The van der Waals surface area contributed by atoms with Gasteiger partial charge in [0.05, 0.1) is 23.4 Å². The Kier molecular flexibility index (Phi) is 5.46. The number of aromatic nitrogens is 1. The second-order valence-electron chi connectivity index (χ2n) is 7.24. The number of fused-ring (bicyclic) bond motifs is 1. The molecule has 0 unspecified atom stereocenters. The molecule has 162 valence electrons. The van der Waals surface area contributed by atoms with E-state index in [4.69, 9.17) is 4.74 Å². The van der Waals surface area contributed by atoms with Gasteiger partial charge in [0.1, 0.15) is 5.75 Å². The lowest BCUT2D eigenvalue weighted by atomic mass is 10.1. The number of nitrogens with zero attached hydrogens (tertiary/aromatic N) is 3. The van der Waals surface area contributed by atoms with E-state index in [0.29, 0.717) is 26.7 Å². The van der Waals surface area contributed by atoms with E-state index in [0.717, 1.165) is 16.8 Å². The van der Waals surface area contributed by atoms with Gasteiger partial charge in [-0.3, -0.25) is 14.4 Å². The van der Waals surface area contributed by atoms with Crippen molar-refractivity contribution in [2.75, 3.05) is 7.11 Å². The van der Waals surface area contributed by atoms with Gasteiger partial charge in [-0.1, -0.05) is 59.9 Å². The van der Waals surface area contributed by atoms with E-state index in [1.807, 2.05) is 48.5 Å². The third kappa shape index (κ3) is 3.90. The lowest BCUT2D eigenvalue weighted by molar-refractivity contribution is 0.0998. The number of carbonyl (C=O) groups is 1. The molecule has 0 bridgehead atoms. The number of methoxy groups -OCH3 is 1. The summed E-state index contributed by atoms with van der Waals surface area (Å²) < 4.78 is 7.03. The van der Waals surface area contributed by atoms with Crippen LogP contribution < -0.4 is 9.54 Å². The number of benzene rings is 3. The molecule has 0 fully saturated rings. The molecule has 0 saturated heterocycles. The number of allylic oxidation sites excluding steroid dienone is 1. The fraction of sp³-hybridized carbons (Fsp3) is 0.0385. The predicted octanol–water partition coefficient (Wildman–Crippen LogP) is 5.25. The number of aromatic hydroxyl groups is 1. The van der Waals surface area contributed by atoms with Crippen molar-refractivity contribution >= 4 is 40.8 Å². The van der Waals surface area contributed by atoms with Gasteiger partial charge in [0.25, 0.3) is 5.91 Å². The number of rotatable bonds is 4. The van der Waals surface area contributed by atoms with Crippen molar-refractivity contribution in [1.82, 2.24) is 4.57 Å². The molecule has 0 spiro atoms. The van der Waals surface area contributed by atoms with Crippen LogP contribution in [0.5, 0.6) is 11.6 Å². The summed E-state index contributed by atoms with van der Waals surface area (Å²) in [5.74, 6) is 0.119. The van der Waals surface area contributed by atoms with Crippen LogP contribution in [0.3, 0.4) is 0 Å². The van der Waals surface area contributed by atoms with E-state index in [9.17, 15) is 9.90 Å². The van der Waals surface area contributed by atoms with Crippen molar-refractivity contribution in [2.24, 2.45) is 9.98 Å². The van der Waals surface area contributed by atoms with Gasteiger partial charge in [-0.2, -0.15) is 4.99 Å².